The maximum Gasteiger partial charge on any atom is 0.270 e. The van der Waals surface area contributed by atoms with Crippen molar-refractivity contribution in [2.75, 3.05) is 19.8 Å². The monoisotopic (exact) mass is 389 g/mol. The number of nitrogen functional groups attached to an aromatic ring is 1. The lowest BCUT2D eigenvalue weighted by atomic mass is 10.1. The molecule has 0 saturated heterocycles. The maximum atomic E-state index is 12.0. The largest absolute Gasteiger partial charge is 0.414 e. The van der Waals surface area contributed by atoms with E-state index < -0.39 is 0 Å². The number of nitrogens with two attached hydrogens (primary N) is 1. The summed E-state index contributed by atoms with van der Waals surface area (Å²) < 4.78 is 5.71. The second-order valence-electron chi connectivity index (χ2n) is 6.42. The Bertz CT molecular complexity index is 1160. The van der Waals surface area contributed by atoms with Crippen LogP contribution in [0.15, 0.2) is 59.4 Å². The van der Waals surface area contributed by atoms with Crippen LogP contribution in [0.2, 0.25) is 0 Å². The lowest BCUT2D eigenvalue weighted by Crippen LogP contribution is -2.21. The van der Waals surface area contributed by atoms with E-state index in [2.05, 4.69) is 25.1 Å². The van der Waals surface area contributed by atoms with Crippen molar-refractivity contribution >= 4 is 11.7 Å². The van der Waals surface area contributed by atoms with E-state index in [1.165, 1.54) is 4.90 Å². The number of benzene rings is 1. The average Bonchev–Trinajstić information content (AvgIpc) is 3.24. The van der Waals surface area contributed by atoms with E-state index in [-0.39, 0.29) is 19.0 Å². The third kappa shape index (κ3) is 3.65. The van der Waals surface area contributed by atoms with Gasteiger partial charge in [0.05, 0.1) is 17.5 Å². The molecule has 0 atom stereocenters. The molecule has 4 rings (SSSR count). The lowest BCUT2D eigenvalue weighted by Gasteiger charge is -2.10. The van der Waals surface area contributed by atoms with Gasteiger partial charge in [-0.3, -0.25) is 9.78 Å². The van der Waals surface area contributed by atoms with Gasteiger partial charge in [-0.25, -0.2) is 9.97 Å². The summed E-state index contributed by atoms with van der Waals surface area (Å²) in [6, 6.07) is 10.7. The molecule has 29 heavy (non-hydrogen) atoms. The van der Waals surface area contributed by atoms with Crippen LogP contribution >= 0.6 is 0 Å². The van der Waals surface area contributed by atoms with Gasteiger partial charge in [-0.2, -0.15) is 0 Å². The standard InChI is InChI=1S/C20H17N7O2.H2/c1-27(2)20(28)13-7-5-12(6-8-13)15-11-23-17(21)16(24-15)19-26-25-18(29-19)14-4-3-9-22-10-14;/h3-11H,1-2H3,(H2,21,23);1H. The van der Waals surface area contributed by atoms with Crippen molar-refractivity contribution in [3.8, 4) is 34.3 Å². The van der Waals surface area contributed by atoms with Gasteiger partial charge in [0.2, 0.25) is 5.89 Å². The van der Waals surface area contributed by atoms with Gasteiger partial charge < -0.3 is 15.1 Å². The van der Waals surface area contributed by atoms with Crippen molar-refractivity contribution in [3.05, 3.63) is 60.6 Å². The Morgan fingerprint density at radius 2 is 1.79 bits per heavy atom. The Labute approximate surface area is 167 Å². The number of nitrogens with zero attached hydrogens (tertiary/aromatic N) is 6. The fraction of sp³-hybridized carbons (Fsp3) is 0.100. The van der Waals surface area contributed by atoms with Crippen molar-refractivity contribution in [2.45, 2.75) is 0 Å². The molecule has 0 aliphatic heterocycles. The molecular weight excluding hydrogens is 370 g/mol. The smallest absolute Gasteiger partial charge is 0.270 e. The molecule has 0 radical (unpaired) electrons. The third-order valence-electron chi connectivity index (χ3n) is 4.17. The van der Waals surface area contributed by atoms with E-state index in [0.717, 1.165) is 5.56 Å². The minimum Gasteiger partial charge on any atom is -0.414 e. The van der Waals surface area contributed by atoms with Crippen LogP contribution in [0.25, 0.3) is 34.3 Å². The number of pyridine rings is 1. The Hall–Kier alpha value is -4.14. The van der Waals surface area contributed by atoms with Crippen LogP contribution in [0.3, 0.4) is 0 Å². The molecule has 0 unspecified atom stereocenters. The molecule has 1 aromatic carbocycles. The number of rotatable bonds is 4. The van der Waals surface area contributed by atoms with Crippen LogP contribution in [0.4, 0.5) is 5.82 Å². The van der Waals surface area contributed by atoms with Crippen molar-refractivity contribution in [3.63, 3.8) is 0 Å². The molecule has 4 aromatic rings. The first-order valence-corrected chi connectivity index (χ1v) is 8.72. The first-order valence-electron chi connectivity index (χ1n) is 8.72. The molecule has 9 nitrogen and oxygen atoms in total. The van der Waals surface area contributed by atoms with Crippen LogP contribution in [-0.4, -0.2) is 50.1 Å². The third-order valence-corrected chi connectivity index (χ3v) is 4.17. The lowest BCUT2D eigenvalue weighted by molar-refractivity contribution is 0.0827. The Morgan fingerprint density at radius 3 is 2.48 bits per heavy atom. The second-order valence-corrected chi connectivity index (χ2v) is 6.42. The molecule has 0 fully saturated rings. The molecule has 3 aromatic heterocycles. The van der Waals surface area contributed by atoms with Gasteiger partial charge in [-0.15, -0.1) is 10.2 Å². The molecule has 0 saturated carbocycles. The van der Waals surface area contributed by atoms with Gasteiger partial charge in [0.25, 0.3) is 11.8 Å². The van der Waals surface area contributed by atoms with E-state index in [1.807, 2.05) is 6.07 Å². The van der Waals surface area contributed by atoms with E-state index in [1.54, 1.807) is 63.0 Å². The molecule has 9 heteroatoms. The first-order chi connectivity index (χ1) is 14.0. The average molecular weight is 389 g/mol. The zero-order valence-corrected chi connectivity index (χ0v) is 15.8. The summed E-state index contributed by atoms with van der Waals surface area (Å²) in [5, 5.41) is 8.07. The molecule has 0 spiro atoms. The van der Waals surface area contributed by atoms with Crippen molar-refractivity contribution in [2.24, 2.45) is 0 Å². The normalized spacial score (nSPS) is 10.7. The predicted molar refractivity (Wildman–Crippen MR) is 109 cm³/mol. The highest BCUT2D eigenvalue weighted by Crippen LogP contribution is 2.27. The minimum absolute atomic E-state index is 0. The van der Waals surface area contributed by atoms with Gasteiger partial charge >= 0.3 is 0 Å². The zero-order valence-electron chi connectivity index (χ0n) is 15.8. The maximum absolute atomic E-state index is 12.0. The van der Waals surface area contributed by atoms with E-state index in [4.69, 9.17) is 10.2 Å². The summed E-state index contributed by atoms with van der Waals surface area (Å²) in [5.41, 5.74) is 8.89. The first kappa shape index (κ1) is 18.2. The van der Waals surface area contributed by atoms with E-state index >= 15 is 0 Å². The van der Waals surface area contributed by atoms with Crippen LogP contribution in [-0.2, 0) is 0 Å². The summed E-state index contributed by atoms with van der Waals surface area (Å²) in [4.78, 5) is 26.3. The van der Waals surface area contributed by atoms with Crippen LogP contribution in [0, 0.1) is 0 Å². The number of hydrogen-bond donors (Lipinski definition) is 1. The number of carbonyl (C=O) groups excluding carboxylic acids is 1. The van der Waals surface area contributed by atoms with Gasteiger partial charge in [0.1, 0.15) is 0 Å². The summed E-state index contributed by atoms with van der Waals surface area (Å²) in [7, 11) is 3.41. The number of amides is 1. The highest BCUT2D eigenvalue weighted by molar-refractivity contribution is 5.94. The van der Waals surface area contributed by atoms with Crippen LogP contribution in [0.5, 0.6) is 0 Å². The van der Waals surface area contributed by atoms with Crippen LogP contribution < -0.4 is 5.73 Å². The van der Waals surface area contributed by atoms with Crippen LogP contribution in [0.1, 0.15) is 11.8 Å². The molecule has 0 bridgehead atoms. The highest BCUT2D eigenvalue weighted by atomic mass is 16.4. The second kappa shape index (κ2) is 7.47. The molecule has 1 amide bonds. The van der Waals surface area contributed by atoms with Crippen molar-refractivity contribution in [1.29, 1.82) is 0 Å². The van der Waals surface area contributed by atoms with E-state index in [9.17, 15) is 4.79 Å². The molecule has 0 aliphatic rings. The Morgan fingerprint density at radius 1 is 1.03 bits per heavy atom. The number of aromatic nitrogens is 5. The summed E-state index contributed by atoms with van der Waals surface area (Å²) in [5.74, 6) is 0.574. The molecule has 0 aliphatic carbocycles. The Balaban J connectivity index is 0.00000256. The SMILES string of the molecule is CN(C)C(=O)c1ccc(-c2cnc(N)c(-c3nnc(-c4cccnc4)o3)n2)cc1.[HH]. The number of carbonyl (C=O) groups is 1. The summed E-state index contributed by atoms with van der Waals surface area (Å²) in [6.45, 7) is 0. The summed E-state index contributed by atoms with van der Waals surface area (Å²) in [6.07, 6.45) is 4.84. The van der Waals surface area contributed by atoms with Gasteiger partial charge in [-0.1, -0.05) is 12.1 Å². The topological polar surface area (TPSA) is 124 Å². The van der Waals surface area contributed by atoms with Crippen molar-refractivity contribution in [1.82, 2.24) is 30.0 Å². The molecule has 146 valence electrons. The Kier molecular flexibility index (Phi) is 4.70. The molecular formula is C20H19N7O2. The zero-order chi connectivity index (χ0) is 20.4. The molecule has 2 N–H and O–H groups in total. The predicted octanol–water partition coefficient (Wildman–Crippen LogP) is 2.79. The highest BCUT2D eigenvalue weighted by Gasteiger charge is 2.17. The van der Waals surface area contributed by atoms with Gasteiger partial charge in [-0.05, 0) is 24.3 Å². The fourth-order valence-corrected chi connectivity index (χ4v) is 2.66. The number of anilines is 1. The quantitative estimate of drug-likeness (QED) is 0.565. The van der Waals surface area contributed by atoms with Gasteiger partial charge in [0.15, 0.2) is 11.5 Å². The van der Waals surface area contributed by atoms with E-state index in [0.29, 0.717) is 28.4 Å². The van der Waals surface area contributed by atoms with Crippen molar-refractivity contribution < 1.29 is 10.6 Å². The fourth-order valence-electron chi connectivity index (χ4n) is 2.66. The van der Waals surface area contributed by atoms with Gasteiger partial charge in [0, 0.05) is 39.0 Å². The summed E-state index contributed by atoms with van der Waals surface area (Å²) >= 11 is 0. The minimum atomic E-state index is -0.0746. The molecule has 3 heterocycles. The number of hydrogen-bond acceptors (Lipinski definition) is 8.